The van der Waals surface area contributed by atoms with Crippen molar-refractivity contribution in [2.24, 2.45) is 0 Å². The highest BCUT2D eigenvalue weighted by molar-refractivity contribution is 7.85. The first-order chi connectivity index (χ1) is 7.68. The molecular formula is C10H12N2O3S. The maximum atomic E-state index is 11.2. The summed E-state index contributed by atoms with van der Waals surface area (Å²) in [5.74, 6) is 0.659. The molecule has 0 amide bonds. The van der Waals surface area contributed by atoms with Crippen LogP contribution in [0, 0.1) is 0 Å². The van der Waals surface area contributed by atoms with Gasteiger partial charge in [-0.15, -0.1) is 0 Å². The van der Waals surface area contributed by atoms with Gasteiger partial charge in [-0.25, -0.2) is 9.78 Å². The molecule has 1 aliphatic rings. The van der Waals surface area contributed by atoms with Crippen LogP contribution in [0.25, 0.3) is 0 Å². The van der Waals surface area contributed by atoms with E-state index in [1.54, 1.807) is 12.3 Å². The molecule has 0 atom stereocenters. The fraction of sp³-hybridized carbons (Fsp3) is 0.400. The highest BCUT2D eigenvalue weighted by Crippen LogP contribution is 2.18. The largest absolute Gasteiger partial charge is 0.478 e. The fourth-order valence-corrected chi connectivity index (χ4v) is 2.72. The van der Waals surface area contributed by atoms with Crippen LogP contribution in [0.5, 0.6) is 0 Å². The molecule has 0 aliphatic carbocycles. The summed E-state index contributed by atoms with van der Waals surface area (Å²) in [7, 11) is -0.769. The van der Waals surface area contributed by atoms with Gasteiger partial charge in [0.25, 0.3) is 0 Å². The molecule has 1 aliphatic heterocycles. The number of aromatic carboxylic acids is 1. The summed E-state index contributed by atoms with van der Waals surface area (Å²) in [5.41, 5.74) is 0.204. The zero-order valence-corrected chi connectivity index (χ0v) is 9.44. The topological polar surface area (TPSA) is 70.5 Å². The first-order valence-electron chi connectivity index (χ1n) is 4.96. The zero-order valence-electron chi connectivity index (χ0n) is 8.63. The number of carboxylic acid groups (broad SMARTS) is 1. The van der Waals surface area contributed by atoms with Crippen molar-refractivity contribution in [1.82, 2.24) is 4.98 Å². The number of carbonyl (C=O) groups is 1. The van der Waals surface area contributed by atoms with Gasteiger partial charge in [-0.05, 0) is 12.1 Å². The normalized spacial score (nSPS) is 17.4. The lowest BCUT2D eigenvalue weighted by Gasteiger charge is -2.28. The van der Waals surface area contributed by atoms with E-state index in [0.717, 1.165) is 0 Å². The Morgan fingerprint density at radius 3 is 2.75 bits per heavy atom. The Hall–Kier alpha value is -1.43. The highest BCUT2D eigenvalue weighted by Gasteiger charge is 2.21. The molecule has 0 spiro atoms. The quantitative estimate of drug-likeness (QED) is 0.807. The van der Waals surface area contributed by atoms with Crippen LogP contribution >= 0.6 is 0 Å². The van der Waals surface area contributed by atoms with Gasteiger partial charge in [0.15, 0.2) is 0 Å². The third-order valence-corrected chi connectivity index (χ3v) is 3.77. The molecule has 86 valence electrons. The molecule has 5 nitrogen and oxygen atoms in total. The van der Waals surface area contributed by atoms with Crippen molar-refractivity contribution in [2.45, 2.75) is 0 Å². The number of hydrogen-bond acceptors (Lipinski definition) is 4. The van der Waals surface area contributed by atoms with Gasteiger partial charge in [0.2, 0.25) is 0 Å². The Morgan fingerprint density at radius 2 is 2.12 bits per heavy atom. The number of anilines is 1. The maximum Gasteiger partial charge on any atom is 0.339 e. The average Bonchev–Trinajstić information content (AvgIpc) is 2.30. The summed E-state index contributed by atoms with van der Waals surface area (Å²) >= 11 is 0. The minimum Gasteiger partial charge on any atom is -0.478 e. The molecular weight excluding hydrogens is 228 g/mol. The molecule has 1 N–H and O–H groups in total. The molecule has 0 unspecified atom stereocenters. The van der Waals surface area contributed by atoms with E-state index in [0.29, 0.717) is 30.4 Å². The third kappa shape index (κ3) is 2.21. The van der Waals surface area contributed by atoms with E-state index in [-0.39, 0.29) is 5.56 Å². The van der Waals surface area contributed by atoms with Crippen molar-refractivity contribution in [3.05, 3.63) is 23.9 Å². The molecule has 1 aromatic heterocycles. The summed E-state index contributed by atoms with van der Waals surface area (Å²) < 4.78 is 11.2. The van der Waals surface area contributed by atoms with Gasteiger partial charge in [0, 0.05) is 41.6 Å². The Balaban J connectivity index is 2.26. The molecule has 2 heterocycles. The van der Waals surface area contributed by atoms with Crippen LogP contribution in [0.15, 0.2) is 18.3 Å². The number of aromatic nitrogens is 1. The molecule has 0 radical (unpaired) electrons. The zero-order chi connectivity index (χ0) is 11.5. The van der Waals surface area contributed by atoms with Crippen LogP contribution in [0.3, 0.4) is 0 Å². The van der Waals surface area contributed by atoms with Crippen molar-refractivity contribution < 1.29 is 14.1 Å². The van der Waals surface area contributed by atoms with Crippen LogP contribution in [-0.4, -0.2) is 44.9 Å². The lowest BCUT2D eigenvalue weighted by atomic mass is 10.2. The predicted octanol–water partition coefficient (Wildman–Crippen LogP) is 0.349. The summed E-state index contributed by atoms with van der Waals surface area (Å²) in [6.45, 7) is 1.20. The summed E-state index contributed by atoms with van der Waals surface area (Å²) in [6, 6.07) is 3.14. The van der Waals surface area contributed by atoms with Gasteiger partial charge < -0.3 is 10.0 Å². The van der Waals surface area contributed by atoms with Gasteiger partial charge in [-0.1, -0.05) is 0 Å². The number of nitrogens with zero attached hydrogens (tertiary/aromatic N) is 2. The van der Waals surface area contributed by atoms with Crippen molar-refractivity contribution in [3.63, 3.8) is 0 Å². The molecule has 0 saturated carbocycles. The van der Waals surface area contributed by atoms with E-state index in [2.05, 4.69) is 4.98 Å². The molecule has 1 fully saturated rings. The first-order valence-corrected chi connectivity index (χ1v) is 6.45. The molecule has 1 aromatic rings. The number of rotatable bonds is 2. The Morgan fingerprint density at radius 1 is 1.44 bits per heavy atom. The standard InChI is InChI=1S/C10H12N2O3S/c13-10(14)8-2-1-3-11-9(8)12-4-6-16(15)7-5-12/h1-3H,4-7H2,(H,13,14). The van der Waals surface area contributed by atoms with Crippen LogP contribution in [0.2, 0.25) is 0 Å². The Labute approximate surface area is 95.6 Å². The SMILES string of the molecule is O=C(O)c1cccnc1N1CCS(=O)CC1. The van der Waals surface area contributed by atoms with Gasteiger partial charge in [-0.2, -0.15) is 0 Å². The van der Waals surface area contributed by atoms with Gasteiger partial charge in [0.1, 0.15) is 11.4 Å². The minimum atomic E-state index is -0.977. The first kappa shape index (κ1) is 11.1. The van der Waals surface area contributed by atoms with E-state index < -0.39 is 16.8 Å². The molecule has 2 rings (SSSR count). The maximum absolute atomic E-state index is 11.2. The van der Waals surface area contributed by atoms with E-state index in [1.807, 2.05) is 4.90 Å². The number of carboxylic acids is 1. The molecule has 16 heavy (non-hydrogen) atoms. The van der Waals surface area contributed by atoms with Gasteiger partial charge >= 0.3 is 5.97 Å². The smallest absolute Gasteiger partial charge is 0.339 e. The number of pyridine rings is 1. The minimum absolute atomic E-state index is 0.204. The van der Waals surface area contributed by atoms with E-state index in [4.69, 9.17) is 5.11 Å². The second-order valence-corrected chi connectivity index (χ2v) is 5.21. The number of hydrogen-bond donors (Lipinski definition) is 1. The van der Waals surface area contributed by atoms with E-state index in [1.165, 1.54) is 6.07 Å². The monoisotopic (exact) mass is 240 g/mol. The van der Waals surface area contributed by atoms with Crippen LogP contribution in [-0.2, 0) is 10.8 Å². The van der Waals surface area contributed by atoms with Crippen LogP contribution < -0.4 is 4.90 Å². The van der Waals surface area contributed by atoms with Crippen molar-refractivity contribution in [3.8, 4) is 0 Å². The Bertz CT molecular complexity index is 426. The average molecular weight is 240 g/mol. The fourth-order valence-electron chi connectivity index (χ4n) is 1.67. The van der Waals surface area contributed by atoms with Crippen molar-refractivity contribution >= 4 is 22.6 Å². The third-order valence-electron chi connectivity index (χ3n) is 2.49. The second kappa shape index (κ2) is 4.61. The van der Waals surface area contributed by atoms with Gasteiger partial charge in [-0.3, -0.25) is 4.21 Å². The summed E-state index contributed by atoms with van der Waals surface area (Å²) in [4.78, 5) is 17.0. The highest BCUT2D eigenvalue weighted by atomic mass is 32.2. The lowest BCUT2D eigenvalue weighted by molar-refractivity contribution is 0.0697. The van der Waals surface area contributed by atoms with Crippen molar-refractivity contribution in [2.75, 3.05) is 29.5 Å². The van der Waals surface area contributed by atoms with Crippen LogP contribution in [0.1, 0.15) is 10.4 Å². The second-order valence-electron chi connectivity index (χ2n) is 3.51. The van der Waals surface area contributed by atoms with Crippen molar-refractivity contribution in [1.29, 1.82) is 0 Å². The van der Waals surface area contributed by atoms with Gasteiger partial charge in [0.05, 0.1) is 0 Å². The van der Waals surface area contributed by atoms with E-state index in [9.17, 15) is 9.00 Å². The van der Waals surface area contributed by atoms with Crippen LogP contribution in [0.4, 0.5) is 5.82 Å². The molecule has 6 heteroatoms. The molecule has 0 bridgehead atoms. The predicted molar refractivity (Wildman–Crippen MR) is 61.3 cm³/mol. The summed E-state index contributed by atoms with van der Waals surface area (Å²) in [6.07, 6.45) is 1.58. The molecule has 0 aromatic carbocycles. The Kier molecular flexibility index (Phi) is 3.19. The van der Waals surface area contributed by atoms with E-state index >= 15 is 0 Å². The lowest BCUT2D eigenvalue weighted by Crippen LogP contribution is -2.39. The summed E-state index contributed by atoms with van der Waals surface area (Å²) in [5, 5.41) is 9.02. The molecule has 1 saturated heterocycles.